The van der Waals surface area contributed by atoms with Gasteiger partial charge in [-0.2, -0.15) is 0 Å². The SMILES string of the molecule is CCCN(CCC)CCOC(=O)c1cc(-c2ccc(F)cc2F)ccc1C(C)=O.Cl. The van der Waals surface area contributed by atoms with E-state index in [1.807, 2.05) is 0 Å². The van der Waals surface area contributed by atoms with Crippen LogP contribution in [0.25, 0.3) is 11.1 Å². The van der Waals surface area contributed by atoms with Crippen molar-refractivity contribution in [3.05, 3.63) is 59.2 Å². The van der Waals surface area contributed by atoms with Crippen LogP contribution in [0.1, 0.15) is 54.3 Å². The lowest BCUT2D eigenvalue weighted by atomic mass is 9.97. The number of nitrogens with zero attached hydrogens (tertiary/aromatic N) is 1. The van der Waals surface area contributed by atoms with Gasteiger partial charge in [0.1, 0.15) is 18.2 Å². The monoisotopic (exact) mass is 439 g/mol. The number of hydrogen-bond donors (Lipinski definition) is 0. The number of carbonyl (C=O) groups is 2. The van der Waals surface area contributed by atoms with Gasteiger partial charge in [0, 0.05) is 23.7 Å². The van der Waals surface area contributed by atoms with Crippen molar-refractivity contribution in [2.75, 3.05) is 26.2 Å². The van der Waals surface area contributed by atoms with Crippen molar-refractivity contribution in [2.24, 2.45) is 0 Å². The minimum absolute atomic E-state index is 0. The Morgan fingerprint density at radius 3 is 2.17 bits per heavy atom. The average Bonchev–Trinajstić information content (AvgIpc) is 2.67. The Labute approximate surface area is 182 Å². The van der Waals surface area contributed by atoms with E-state index in [0.717, 1.165) is 38.1 Å². The summed E-state index contributed by atoms with van der Waals surface area (Å²) >= 11 is 0. The van der Waals surface area contributed by atoms with E-state index < -0.39 is 17.6 Å². The van der Waals surface area contributed by atoms with Crippen molar-refractivity contribution in [3.63, 3.8) is 0 Å². The van der Waals surface area contributed by atoms with Crippen LogP contribution in [0.4, 0.5) is 8.78 Å². The summed E-state index contributed by atoms with van der Waals surface area (Å²) in [7, 11) is 0. The summed E-state index contributed by atoms with van der Waals surface area (Å²) in [5.41, 5.74) is 0.808. The quantitative estimate of drug-likeness (QED) is 0.360. The number of esters is 1. The van der Waals surface area contributed by atoms with Gasteiger partial charge in [-0.25, -0.2) is 13.6 Å². The number of rotatable bonds is 10. The van der Waals surface area contributed by atoms with Gasteiger partial charge in [0.05, 0.1) is 5.56 Å². The van der Waals surface area contributed by atoms with E-state index in [-0.39, 0.29) is 41.5 Å². The molecule has 0 saturated carbocycles. The molecule has 0 aliphatic heterocycles. The van der Waals surface area contributed by atoms with Gasteiger partial charge in [0.2, 0.25) is 0 Å². The van der Waals surface area contributed by atoms with E-state index in [1.165, 1.54) is 31.2 Å². The highest BCUT2D eigenvalue weighted by Gasteiger charge is 2.19. The Hall–Kier alpha value is -2.31. The van der Waals surface area contributed by atoms with Crippen molar-refractivity contribution in [1.29, 1.82) is 0 Å². The van der Waals surface area contributed by atoms with Gasteiger partial charge < -0.3 is 4.74 Å². The summed E-state index contributed by atoms with van der Waals surface area (Å²) in [5.74, 6) is -2.35. The molecule has 0 N–H and O–H groups in total. The standard InChI is InChI=1S/C23H27F2NO3.ClH/c1-4-10-26(11-5-2)12-13-29-23(28)21-14-17(6-8-19(21)16(3)27)20-9-7-18(24)15-22(20)25;/h6-9,14-15H,4-5,10-13H2,1-3H3;1H. The third-order valence-corrected chi connectivity index (χ3v) is 4.58. The van der Waals surface area contributed by atoms with Crippen LogP contribution < -0.4 is 0 Å². The van der Waals surface area contributed by atoms with Crippen LogP contribution in [0.15, 0.2) is 36.4 Å². The summed E-state index contributed by atoms with van der Waals surface area (Å²) in [6, 6.07) is 7.65. The molecule has 164 valence electrons. The molecule has 0 unspecified atom stereocenters. The molecular formula is C23H28ClF2NO3. The van der Waals surface area contributed by atoms with Crippen molar-refractivity contribution >= 4 is 24.2 Å². The highest BCUT2D eigenvalue weighted by molar-refractivity contribution is 6.06. The molecule has 0 bridgehead atoms. The second-order valence-corrected chi connectivity index (χ2v) is 6.92. The van der Waals surface area contributed by atoms with E-state index in [1.54, 1.807) is 0 Å². The zero-order valence-electron chi connectivity index (χ0n) is 17.5. The van der Waals surface area contributed by atoms with Gasteiger partial charge in [-0.1, -0.05) is 19.9 Å². The first-order valence-corrected chi connectivity index (χ1v) is 9.87. The Bertz CT molecular complexity index is 868. The number of ketones is 1. The lowest BCUT2D eigenvalue weighted by Gasteiger charge is -2.20. The van der Waals surface area contributed by atoms with Crippen molar-refractivity contribution < 1.29 is 23.1 Å². The highest BCUT2D eigenvalue weighted by atomic mass is 35.5. The molecule has 0 spiro atoms. The van der Waals surface area contributed by atoms with Gasteiger partial charge in [0.15, 0.2) is 5.78 Å². The number of ether oxygens (including phenoxy) is 1. The fourth-order valence-corrected chi connectivity index (χ4v) is 3.22. The second kappa shape index (κ2) is 12.4. The molecule has 0 atom stereocenters. The second-order valence-electron chi connectivity index (χ2n) is 6.92. The maximum Gasteiger partial charge on any atom is 0.338 e. The first kappa shape index (κ1) is 25.7. The molecule has 2 aromatic rings. The van der Waals surface area contributed by atoms with Crippen LogP contribution in [0, 0.1) is 11.6 Å². The third kappa shape index (κ3) is 6.89. The highest BCUT2D eigenvalue weighted by Crippen LogP contribution is 2.26. The van der Waals surface area contributed by atoms with Crippen LogP contribution in [-0.2, 0) is 4.74 Å². The molecule has 2 aromatic carbocycles. The van der Waals surface area contributed by atoms with Crippen LogP contribution in [-0.4, -0.2) is 42.9 Å². The molecule has 4 nitrogen and oxygen atoms in total. The van der Waals surface area contributed by atoms with E-state index in [2.05, 4.69) is 18.7 Å². The Morgan fingerprint density at radius 1 is 0.933 bits per heavy atom. The molecule has 0 fully saturated rings. The number of hydrogen-bond acceptors (Lipinski definition) is 4. The zero-order valence-corrected chi connectivity index (χ0v) is 18.4. The van der Waals surface area contributed by atoms with Gasteiger partial charge in [-0.15, -0.1) is 12.4 Å². The molecule has 0 aliphatic rings. The summed E-state index contributed by atoms with van der Waals surface area (Å²) in [6.07, 6.45) is 2.02. The summed E-state index contributed by atoms with van der Waals surface area (Å²) < 4.78 is 32.7. The molecule has 0 aliphatic carbocycles. The van der Waals surface area contributed by atoms with E-state index >= 15 is 0 Å². The van der Waals surface area contributed by atoms with E-state index in [0.29, 0.717) is 12.1 Å². The first-order chi connectivity index (χ1) is 13.9. The van der Waals surface area contributed by atoms with Gasteiger partial charge >= 0.3 is 5.97 Å². The van der Waals surface area contributed by atoms with Crippen molar-refractivity contribution in [1.82, 2.24) is 4.90 Å². The molecule has 0 radical (unpaired) electrons. The van der Waals surface area contributed by atoms with Crippen LogP contribution in [0.3, 0.4) is 0 Å². The van der Waals surface area contributed by atoms with Crippen molar-refractivity contribution in [3.8, 4) is 11.1 Å². The summed E-state index contributed by atoms with van der Waals surface area (Å²) in [5, 5.41) is 0. The molecule has 7 heteroatoms. The number of benzene rings is 2. The zero-order chi connectivity index (χ0) is 21.4. The van der Waals surface area contributed by atoms with Crippen LogP contribution in [0.5, 0.6) is 0 Å². The predicted octanol–water partition coefficient (Wildman–Crippen LogP) is 5.54. The third-order valence-electron chi connectivity index (χ3n) is 4.58. The Morgan fingerprint density at radius 2 is 1.60 bits per heavy atom. The fourth-order valence-electron chi connectivity index (χ4n) is 3.22. The topological polar surface area (TPSA) is 46.6 Å². The molecule has 30 heavy (non-hydrogen) atoms. The van der Waals surface area contributed by atoms with E-state index in [4.69, 9.17) is 4.74 Å². The summed E-state index contributed by atoms with van der Waals surface area (Å²) in [6.45, 7) is 8.18. The van der Waals surface area contributed by atoms with E-state index in [9.17, 15) is 18.4 Å². The number of carbonyl (C=O) groups excluding carboxylic acids is 2. The normalized spacial score (nSPS) is 10.6. The van der Waals surface area contributed by atoms with Gasteiger partial charge in [0.25, 0.3) is 0 Å². The minimum atomic E-state index is -0.741. The molecule has 0 heterocycles. The average molecular weight is 440 g/mol. The maximum absolute atomic E-state index is 14.1. The van der Waals surface area contributed by atoms with Crippen LogP contribution in [0.2, 0.25) is 0 Å². The van der Waals surface area contributed by atoms with Crippen LogP contribution >= 0.6 is 12.4 Å². The Balaban J connectivity index is 0.00000450. The summed E-state index contributed by atoms with van der Waals surface area (Å²) in [4.78, 5) is 26.8. The molecule has 0 amide bonds. The lowest BCUT2D eigenvalue weighted by Crippen LogP contribution is -2.30. The lowest BCUT2D eigenvalue weighted by molar-refractivity contribution is 0.0459. The fraction of sp³-hybridized carbons (Fsp3) is 0.391. The molecule has 0 saturated heterocycles. The number of halogens is 3. The minimum Gasteiger partial charge on any atom is -0.461 e. The molecule has 2 rings (SSSR count). The Kier molecular flexibility index (Phi) is 10.6. The first-order valence-electron chi connectivity index (χ1n) is 9.87. The van der Waals surface area contributed by atoms with Gasteiger partial charge in [-0.05, 0) is 62.7 Å². The largest absolute Gasteiger partial charge is 0.461 e. The predicted molar refractivity (Wildman–Crippen MR) is 116 cm³/mol. The van der Waals surface area contributed by atoms with Crippen molar-refractivity contribution in [2.45, 2.75) is 33.6 Å². The molecule has 0 aromatic heterocycles. The smallest absolute Gasteiger partial charge is 0.338 e. The number of Topliss-reactive ketones (excluding diaryl/α,β-unsaturated/α-hetero) is 1. The molecular weight excluding hydrogens is 412 g/mol. The maximum atomic E-state index is 14.1. The van der Waals surface area contributed by atoms with Gasteiger partial charge in [-0.3, -0.25) is 9.69 Å².